The topological polar surface area (TPSA) is 46.5 Å². The Morgan fingerprint density at radius 2 is 2.24 bits per heavy atom. The number of fused-ring (bicyclic) bond motifs is 1. The number of halogens is 1. The van der Waals surface area contributed by atoms with Crippen LogP contribution in [0.5, 0.6) is 0 Å². The van der Waals surface area contributed by atoms with E-state index in [2.05, 4.69) is 0 Å². The van der Waals surface area contributed by atoms with Gasteiger partial charge < -0.3 is 9.84 Å². The van der Waals surface area contributed by atoms with Crippen LogP contribution < -0.4 is 0 Å². The molecule has 0 aromatic rings. The highest BCUT2D eigenvalue weighted by Gasteiger charge is 2.49. The minimum Gasteiger partial charge on any atom is -0.462 e. The molecular weight excluding hydrogens is 271 g/mol. The van der Waals surface area contributed by atoms with Gasteiger partial charge in [0.05, 0.1) is 5.92 Å². The van der Waals surface area contributed by atoms with Gasteiger partial charge in [-0.1, -0.05) is 38.8 Å². The molecule has 1 heterocycles. The molecule has 0 aromatic heterocycles. The Morgan fingerprint density at radius 3 is 2.90 bits per heavy atom. The Labute approximate surface area is 126 Å². The highest BCUT2D eigenvalue weighted by atomic mass is 19.1. The Morgan fingerprint density at radius 1 is 1.52 bits per heavy atom. The number of hydrogen-bond donors (Lipinski definition) is 1. The van der Waals surface area contributed by atoms with Crippen molar-refractivity contribution in [3.8, 4) is 0 Å². The van der Waals surface area contributed by atoms with Gasteiger partial charge in [-0.2, -0.15) is 0 Å². The Kier molecular flexibility index (Phi) is 5.07. The van der Waals surface area contributed by atoms with Crippen molar-refractivity contribution in [3.05, 3.63) is 12.2 Å². The molecule has 3 nitrogen and oxygen atoms in total. The number of aliphatic hydroxyl groups is 1. The van der Waals surface area contributed by atoms with Crippen LogP contribution in [0.25, 0.3) is 0 Å². The van der Waals surface area contributed by atoms with E-state index in [1.165, 1.54) is 6.92 Å². The van der Waals surface area contributed by atoms with Gasteiger partial charge in [-0.15, -0.1) is 0 Å². The lowest BCUT2D eigenvalue weighted by Gasteiger charge is -2.25. The normalized spacial score (nSPS) is 36.5. The van der Waals surface area contributed by atoms with Gasteiger partial charge in [0.25, 0.3) is 0 Å². The van der Waals surface area contributed by atoms with E-state index in [0.29, 0.717) is 6.42 Å². The predicted octanol–water partition coefficient (Wildman–Crippen LogP) is 3.41. The van der Waals surface area contributed by atoms with Crippen LogP contribution in [0.4, 0.5) is 4.39 Å². The van der Waals surface area contributed by atoms with Gasteiger partial charge in [0, 0.05) is 5.92 Å². The second-order valence-corrected chi connectivity index (χ2v) is 6.79. The average molecular weight is 298 g/mol. The maximum Gasteiger partial charge on any atom is 0.309 e. The lowest BCUT2D eigenvalue weighted by atomic mass is 9.84. The number of esters is 1. The largest absolute Gasteiger partial charge is 0.462 e. The molecule has 2 rings (SSSR count). The highest BCUT2D eigenvalue weighted by molar-refractivity contribution is 5.75. The van der Waals surface area contributed by atoms with Crippen molar-refractivity contribution in [1.29, 1.82) is 0 Å². The maximum absolute atomic E-state index is 14.4. The molecule has 1 saturated heterocycles. The van der Waals surface area contributed by atoms with Crippen molar-refractivity contribution in [2.24, 2.45) is 17.8 Å². The summed E-state index contributed by atoms with van der Waals surface area (Å²) in [6, 6.07) is 0. The zero-order valence-corrected chi connectivity index (χ0v) is 13.2. The van der Waals surface area contributed by atoms with E-state index in [0.717, 1.165) is 25.7 Å². The number of rotatable bonds is 6. The van der Waals surface area contributed by atoms with Crippen molar-refractivity contribution >= 4 is 5.97 Å². The molecule has 0 aromatic carbocycles. The van der Waals surface area contributed by atoms with E-state index < -0.39 is 11.8 Å². The molecule has 0 amide bonds. The van der Waals surface area contributed by atoms with Crippen molar-refractivity contribution in [1.82, 2.24) is 0 Å². The summed E-state index contributed by atoms with van der Waals surface area (Å²) >= 11 is 0. The number of alkyl halides is 1. The van der Waals surface area contributed by atoms with Crippen LogP contribution >= 0.6 is 0 Å². The number of hydrogen-bond acceptors (Lipinski definition) is 3. The second kappa shape index (κ2) is 6.47. The quantitative estimate of drug-likeness (QED) is 0.604. The van der Waals surface area contributed by atoms with Crippen LogP contribution in [0.3, 0.4) is 0 Å². The van der Waals surface area contributed by atoms with Crippen LogP contribution in [0.2, 0.25) is 0 Å². The molecule has 2 aliphatic rings. The van der Waals surface area contributed by atoms with E-state index >= 15 is 0 Å². The Hall–Kier alpha value is -0.900. The van der Waals surface area contributed by atoms with E-state index in [4.69, 9.17) is 4.74 Å². The number of aliphatic hydroxyl groups excluding tert-OH is 1. The van der Waals surface area contributed by atoms with Gasteiger partial charge in [0.15, 0.2) is 0 Å². The zero-order valence-electron chi connectivity index (χ0n) is 13.2. The van der Waals surface area contributed by atoms with Gasteiger partial charge in [-0.3, -0.25) is 4.79 Å². The molecule has 6 atom stereocenters. The molecule has 0 spiro atoms. The minimum atomic E-state index is -1.59. The molecule has 0 bridgehead atoms. The van der Waals surface area contributed by atoms with Gasteiger partial charge in [0.1, 0.15) is 17.9 Å². The summed E-state index contributed by atoms with van der Waals surface area (Å²) in [5.74, 6) is 0.165. The summed E-state index contributed by atoms with van der Waals surface area (Å²) in [5, 5.41) is 10.1. The molecule has 21 heavy (non-hydrogen) atoms. The van der Waals surface area contributed by atoms with Gasteiger partial charge in [0.2, 0.25) is 0 Å². The molecule has 4 heteroatoms. The van der Waals surface area contributed by atoms with Gasteiger partial charge >= 0.3 is 5.97 Å². The van der Waals surface area contributed by atoms with E-state index in [-0.39, 0.29) is 29.8 Å². The van der Waals surface area contributed by atoms with Crippen LogP contribution in [0.15, 0.2) is 12.2 Å². The number of ether oxygens (including phenoxy) is 1. The first-order valence-electron chi connectivity index (χ1n) is 8.12. The molecule has 120 valence electrons. The molecule has 1 aliphatic heterocycles. The Balaban J connectivity index is 1.96. The third kappa shape index (κ3) is 3.47. The zero-order chi connectivity index (χ0) is 15.6. The maximum atomic E-state index is 14.4. The van der Waals surface area contributed by atoms with Crippen LogP contribution in [0.1, 0.15) is 52.9 Å². The summed E-state index contributed by atoms with van der Waals surface area (Å²) in [4.78, 5) is 11.6. The lowest BCUT2D eigenvalue weighted by Crippen LogP contribution is -2.33. The fraction of sp³-hybridized carbons (Fsp3) is 0.824. The molecule has 6 unspecified atom stereocenters. The summed E-state index contributed by atoms with van der Waals surface area (Å²) in [5.41, 5.74) is -1.59. The highest BCUT2D eigenvalue weighted by Crippen LogP contribution is 2.45. The van der Waals surface area contributed by atoms with Gasteiger partial charge in [-0.25, -0.2) is 4.39 Å². The second-order valence-electron chi connectivity index (χ2n) is 6.79. The standard InChI is InChI=1S/C17H27FO3/c1-4-5-10-17(3,18)14(19)9-7-12-6-8-13-15(12)11(2)16(20)21-13/h7,9,11-15,19H,4-6,8,10H2,1-3H3/b9-7+. The minimum absolute atomic E-state index is 0.0103. The summed E-state index contributed by atoms with van der Waals surface area (Å²) in [7, 11) is 0. The van der Waals surface area contributed by atoms with Crippen molar-refractivity contribution in [2.75, 3.05) is 0 Å². The number of carbonyl (C=O) groups excluding carboxylic acids is 1. The third-order valence-corrected chi connectivity index (χ3v) is 5.10. The molecule has 1 aliphatic carbocycles. The van der Waals surface area contributed by atoms with Crippen LogP contribution in [0, 0.1) is 17.8 Å². The Bertz CT molecular complexity index is 405. The van der Waals surface area contributed by atoms with E-state index in [1.807, 2.05) is 19.9 Å². The molecule has 1 N–H and O–H groups in total. The predicted molar refractivity (Wildman–Crippen MR) is 79.4 cm³/mol. The summed E-state index contributed by atoms with van der Waals surface area (Å²) < 4.78 is 19.7. The first-order valence-corrected chi connectivity index (χ1v) is 8.12. The molecular formula is C17H27FO3. The summed E-state index contributed by atoms with van der Waals surface area (Å²) in [6.45, 7) is 5.37. The van der Waals surface area contributed by atoms with Crippen molar-refractivity contribution in [2.45, 2.75) is 70.8 Å². The average Bonchev–Trinajstić information content (AvgIpc) is 2.95. The van der Waals surface area contributed by atoms with Gasteiger partial charge in [-0.05, 0) is 32.1 Å². The van der Waals surface area contributed by atoms with Crippen LogP contribution in [-0.2, 0) is 9.53 Å². The first kappa shape index (κ1) is 16.5. The van der Waals surface area contributed by atoms with Crippen LogP contribution in [-0.4, -0.2) is 29.0 Å². The van der Waals surface area contributed by atoms with Crippen molar-refractivity contribution < 1.29 is 19.0 Å². The number of carbonyl (C=O) groups is 1. The SMILES string of the molecule is CCCCC(C)(F)C(O)/C=C/C1CCC2OC(=O)C(C)C12. The van der Waals surface area contributed by atoms with E-state index in [1.54, 1.807) is 6.08 Å². The monoisotopic (exact) mass is 298 g/mol. The molecule has 0 radical (unpaired) electrons. The number of allylic oxidation sites excluding steroid dienone is 1. The number of unbranched alkanes of at least 4 members (excludes halogenated alkanes) is 1. The summed E-state index contributed by atoms with van der Waals surface area (Å²) in [6.07, 6.45) is 6.26. The molecule has 1 saturated carbocycles. The smallest absolute Gasteiger partial charge is 0.309 e. The first-order chi connectivity index (χ1) is 9.86. The third-order valence-electron chi connectivity index (χ3n) is 5.10. The molecule has 2 fully saturated rings. The lowest BCUT2D eigenvalue weighted by molar-refractivity contribution is -0.144. The van der Waals surface area contributed by atoms with Crippen molar-refractivity contribution in [3.63, 3.8) is 0 Å². The van der Waals surface area contributed by atoms with E-state index in [9.17, 15) is 14.3 Å². The fourth-order valence-electron chi connectivity index (χ4n) is 3.60. The fourth-order valence-corrected chi connectivity index (χ4v) is 3.60.